The minimum atomic E-state index is 0.0727. The molecule has 1 N–H and O–H groups in total. The average Bonchev–Trinajstić information content (AvgIpc) is 2.95. The number of guanidine groups is 1. The number of carbonyl (C=O) groups excluding carboxylic acids is 1. The quantitative estimate of drug-likeness (QED) is 0.453. The molecule has 6 nitrogen and oxygen atoms in total. The van der Waals surface area contributed by atoms with Crippen LogP contribution >= 0.6 is 0 Å². The molecule has 160 valence electrons. The number of amides is 1. The SMILES string of the molecule is CCNC(=NCCCN1CCCCCC1=O)N1CCOC(c2ccccc2C)C1. The summed E-state index contributed by atoms with van der Waals surface area (Å²) >= 11 is 0. The first-order chi connectivity index (χ1) is 14.2. The van der Waals surface area contributed by atoms with Crippen molar-refractivity contribution in [2.24, 2.45) is 4.99 Å². The van der Waals surface area contributed by atoms with Crippen LogP contribution in [0.2, 0.25) is 0 Å². The molecule has 2 aliphatic rings. The summed E-state index contributed by atoms with van der Waals surface area (Å²) < 4.78 is 6.06. The molecular weight excluding hydrogens is 364 g/mol. The van der Waals surface area contributed by atoms with E-state index in [0.29, 0.717) is 18.9 Å². The maximum atomic E-state index is 12.1. The zero-order valence-electron chi connectivity index (χ0n) is 18.0. The van der Waals surface area contributed by atoms with E-state index >= 15 is 0 Å². The first-order valence-electron chi connectivity index (χ1n) is 11.2. The van der Waals surface area contributed by atoms with Crippen LogP contribution in [0, 0.1) is 6.92 Å². The highest BCUT2D eigenvalue weighted by Crippen LogP contribution is 2.25. The third kappa shape index (κ3) is 6.20. The molecule has 0 spiro atoms. The molecule has 1 atom stereocenters. The summed E-state index contributed by atoms with van der Waals surface area (Å²) in [4.78, 5) is 21.3. The largest absolute Gasteiger partial charge is 0.370 e. The lowest BCUT2D eigenvalue weighted by molar-refractivity contribution is -0.130. The molecule has 0 saturated carbocycles. The summed E-state index contributed by atoms with van der Waals surface area (Å²) in [5, 5.41) is 3.44. The maximum Gasteiger partial charge on any atom is 0.222 e. The van der Waals surface area contributed by atoms with Crippen molar-refractivity contribution in [1.29, 1.82) is 0 Å². The number of nitrogens with zero attached hydrogens (tertiary/aromatic N) is 3. The fourth-order valence-electron chi connectivity index (χ4n) is 4.13. The number of carbonyl (C=O) groups is 1. The number of benzene rings is 1. The molecule has 1 unspecified atom stereocenters. The molecule has 0 aromatic heterocycles. The highest BCUT2D eigenvalue weighted by atomic mass is 16.5. The molecule has 2 fully saturated rings. The minimum Gasteiger partial charge on any atom is -0.370 e. The first kappa shape index (κ1) is 21.6. The van der Waals surface area contributed by atoms with E-state index in [-0.39, 0.29) is 6.10 Å². The fraction of sp³-hybridized carbons (Fsp3) is 0.652. The molecule has 0 aliphatic carbocycles. The number of nitrogens with one attached hydrogen (secondary N) is 1. The molecule has 2 saturated heterocycles. The van der Waals surface area contributed by atoms with Crippen molar-refractivity contribution in [2.45, 2.75) is 52.1 Å². The standard InChI is InChI=1S/C23H36N4O2/c1-3-24-23(25-13-9-15-26-14-8-4-5-12-22(26)28)27-16-17-29-21(18-27)20-11-7-6-10-19(20)2/h6-7,10-11,21H,3-5,8-9,12-18H2,1-2H3,(H,24,25). The lowest BCUT2D eigenvalue weighted by Crippen LogP contribution is -2.48. The number of rotatable bonds is 6. The molecule has 0 radical (unpaired) electrons. The summed E-state index contributed by atoms with van der Waals surface area (Å²) in [7, 11) is 0. The van der Waals surface area contributed by atoms with Gasteiger partial charge in [0.15, 0.2) is 5.96 Å². The Morgan fingerprint density at radius 2 is 2.10 bits per heavy atom. The number of likely N-dealkylation sites (tertiary alicyclic amines) is 1. The smallest absolute Gasteiger partial charge is 0.222 e. The van der Waals surface area contributed by atoms with Gasteiger partial charge < -0.3 is 19.9 Å². The van der Waals surface area contributed by atoms with Crippen molar-refractivity contribution in [3.8, 4) is 0 Å². The summed E-state index contributed by atoms with van der Waals surface area (Å²) in [5.41, 5.74) is 2.52. The van der Waals surface area contributed by atoms with E-state index in [0.717, 1.165) is 64.5 Å². The Morgan fingerprint density at radius 3 is 2.93 bits per heavy atom. The summed E-state index contributed by atoms with van der Waals surface area (Å²) in [6.07, 6.45) is 5.03. The predicted octanol–water partition coefficient (Wildman–Crippen LogP) is 3.13. The minimum absolute atomic E-state index is 0.0727. The number of ether oxygens (including phenoxy) is 1. The normalized spacial score (nSPS) is 21.2. The van der Waals surface area contributed by atoms with Crippen LogP contribution in [0.25, 0.3) is 0 Å². The first-order valence-corrected chi connectivity index (χ1v) is 11.2. The van der Waals surface area contributed by atoms with E-state index in [4.69, 9.17) is 9.73 Å². The van der Waals surface area contributed by atoms with E-state index < -0.39 is 0 Å². The molecule has 0 bridgehead atoms. The maximum absolute atomic E-state index is 12.1. The highest BCUT2D eigenvalue weighted by Gasteiger charge is 2.25. The van der Waals surface area contributed by atoms with Crippen molar-refractivity contribution in [3.05, 3.63) is 35.4 Å². The van der Waals surface area contributed by atoms with Gasteiger partial charge in [-0.25, -0.2) is 0 Å². The topological polar surface area (TPSA) is 57.2 Å². The Hall–Kier alpha value is -2.08. The number of hydrogen-bond donors (Lipinski definition) is 1. The van der Waals surface area contributed by atoms with Crippen LogP contribution in [-0.4, -0.2) is 67.5 Å². The van der Waals surface area contributed by atoms with Crippen LogP contribution in [0.3, 0.4) is 0 Å². The van der Waals surface area contributed by atoms with Crippen molar-refractivity contribution in [1.82, 2.24) is 15.1 Å². The van der Waals surface area contributed by atoms with Crippen LogP contribution in [0.4, 0.5) is 0 Å². The van der Waals surface area contributed by atoms with E-state index in [1.807, 2.05) is 4.90 Å². The van der Waals surface area contributed by atoms with Crippen LogP contribution in [0.1, 0.15) is 56.3 Å². The predicted molar refractivity (Wildman–Crippen MR) is 117 cm³/mol. The Morgan fingerprint density at radius 1 is 1.24 bits per heavy atom. The van der Waals surface area contributed by atoms with Crippen LogP contribution in [0.5, 0.6) is 0 Å². The summed E-state index contributed by atoms with van der Waals surface area (Å²) in [6, 6.07) is 8.45. The highest BCUT2D eigenvalue weighted by molar-refractivity contribution is 5.80. The number of aliphatic imine (C=N–C) groups is 1. The van der Waals surface area contributed by atoms with Gasteiger partial charge in [0.2, 0.25) is 5.91 Å². The summed E-state index contributed by atoms with van der Waals surface area (Å²) in [6.45, 7) is 9.90. The molecular formula is C23H36N4O2. The van der Waals surface area contributed by atoms with Gasteiger partial charge in [-0.2, -0.15) is 0 Å². The fourth-order valence-corrected chi connectivity index (χ4v) is 4.13. The second kappa shape index (κ2) is 11.2. The Bertz CT molecular complexity index is 691. The van der Waals surface area contributed by atoms with Gasteiger partial charge in [-0.05, 0) is 44.2 Å². The second-order valence-corrected chi connectivity index (χ2v) is 7.94. The van der Waals surface area contributed by atoms with Crippen molar-refractivity contribution >= 4 is 11.9 Å². The van der Waals surface area contributed by atoms with Gasteiger partial charge in [-0.1, -0.05) is 30.7 Å². The zero-order valence-corrected chi connectivity index (χ0v) is 18.0. The van der Waals surface area contributed by atoms with Crippen LogP contribution < -0.4 is 5.32 Å². The Labute approximate surface area is 175 Å². The Kier molecular flexibility index (Phi) is 8.35. The molecule has 3 rings (SSSR count). The van der Waals surface area contributed by atoms with Gasteiger partial charge in [0.1, 0.15) is 6.10 Å². The molecule has 6 heteroatoms. The molecule has 29 heavy (non-hydrogen) atoms. The number of morpholine rings is 1. The Balaban J connectivity index is 1.56. The zero-order chi connectivity index (χ0) is 20.5. The van der Waals surface area contributed by atoms with Gasteiger partial charge in [-0.3, -0.25) is 9.79 Å². The van der Waals surface area contributed by atoms with Gasteiger partial charge in [0.25, 0.3) is 0 Å². The van der Waals surface area contributed by atoms with Crippen molar-refractivity contribution in [3.63, 3.8) is 0 Å². The molecule has 1 aromatic carbocycles. The van der Waals surface area contributed by atoms with E-state index in [9.17, 15) is 4.79 Å². The molecule has 2 heterocycles. The molecule has 1 amide bonds. The monoisotopic (exact) mass is 400 g/mol. The molecule has 2 aliphatic heterocycles. The van der Waals surface area contributed by atoms with Gasteiger partial charge in [0, 0.05) is 39.1 Å². The average molecular weight is 401 g/mol. The molecule has 1 aromatic rings. The number of hydrogen-bond acceptors (Lipinski definition) is 3. The lowest BCUT2D eigenvalue weighted by atomic mass is 10.0. The third-order valence-electron chi connectivity index (χ3n) is 5.76. The van der Waals surface area contributed by atoms with Crippen LogP contribution in [0.15, 0.2) is 29.3 Å². The van der Waals surface area contributed by atoms with E-state index in [2.05, 4.69) is 48.3 Å². The van der Waals surface area contributed by atoms with Gasteiger partial charge >= 0.3 is 0 Å². The van der Waals surface area contributed by atoms with Crippen LogP contribution in [-0.2, 0) is 9.53 Å². The summed E-state index contributed by atoms with van der Waals surface area (Å²) in [5.74, 6) is 1.27. The van der Waals surface area contributed by atoms with E-state index in [1.165, 1.54) is 17.5 Å². The van der Waals surface area contributed by atoms with Gasteiger partial charge in [-0.15, -0.1) is 0 Å². The number of aryl methyl sites for hydroxylation is 1. The second-order valence-electron chi connectivity index (χ2n) is 7.94. The van der Waals surface area contributed by atoms with E-state index in [1.54, 1.807) is 0 Å². The van der Waals surface area contributed by atoms with Crippen molar-refractivity contribution in [2.75, 3.05) is 45.9 Å². The van der Waals surface area contributed by atoms with Gasteiger partial charge in [0.05, 0.1) is 13.2 Å². The third-order valence-corrected chi connectivity index (χ3v) is 5.76. The lowest BCUT2D eigenvalue weighted by Gasteiger charge is -2.36. The van der Waals surface area contributed by atoms with Crippen molar-refractivity contribution < 1.29 is 9.53 Å².